The molecule has 8 heteroatoms. The number of nitrogens with one attached hydrogen (secondary N) is 1. The summed E-state index contributed by atoms with van der Waals surface area (Å²) in [6.45, 7) is 6.59. The van der Waals surface area contributed by atoms with Crippen LogP contribution >= 0.6 is 11.3 Å². The second kappa shape index (κ2) is 8.29. The molecule has 5 rings (SSSR count). The summed E-state index contributed by atoms with van der Waals surface area (Å²) in [6.07, 6.45) is 2.79. The number of aromatic nitrogens is 3. The Morgan fingerprint density at radius 3 is 2.70 bits per heavy atom. The van der Waals surface area contributed by atoms with E-state index in [1.165, 1.54) is 4.88 Å². The Labute approximate surface area is 180 Å². The number of hydrogen-bond donors (Lipinski definition) is 1. The van der Waals surface area contributed by atoms with E-state index >= 15 is 0 Å². The SMILES string of the molecule is CN1CCN(c2ncc(CN3CCc4nc(-c5ccccc5)[nH]c(=O)c4C3)s2)CC1. The van der Waals surface area contributed by atoms with Gasteiger partial charge in [-0.15, -0.1) is 11.3 Å². The molecule has 0 saturated carbocycles. The number of benzene rings is 1. The van der Waals surface area contributed by atoms with Crippen LogP contribution in [0.1, 0.15) is 16.1 Å². The Hall–Kier alpha value is -2.55. The van der Waals surface area contributed by atoms with Crippen molar-refractivity contribution in [2.45, 2.75) is 19.5 Å². The molecule has 0 spiro atoms. The lowest BCUT2D eigenvalue weighted by Gasteiger charge is -2.32. The molecule has 1 aromatic carbocycles. The minimum absolute atomic E-state index is 0.0222. The number of rotatable bonds is 4. The maximum absolute atomic E-state index is 12.8. The molecule has 1 N–H and O–H groups in total. The van der Waals surface area contributed by atoms with E-state index in [9.17, 15) is 4.79 Å². The van der Waals surface area contributed by atoms with Crippen LogP contribution in [0.3, 0.4) is 0 Å². The van der Waals surface area contributed by atoms with Crippen molar-refractivity contribution in [1.29, 1.82) is 0 Å². The predicted molar refractivity (Wildman–Crippen MR) is 120 cm³/mol. The minimum Gasteiger partial charge on any atom is -0.346 e. The molecule has 0 aliphatic carbocycles. The Bertz CT molecular complexity index is 1070. The molecule has 0 bridgehead atoms. The van der Waals surface area contributed by atoms with Crippen molar-refractivity contribution in [3.05, 3.63) is 63.0 Å². The number of H-pyrrole nitrogens is 1. The van der Waals surface area contributed by atoms with E-state index in [1.54, 1.807) is 11.3 Å². The van der Waals surface area contributed by atoms with E-state index in [-0.39, 0.29) is 5.56 Å². The van der Waals surface area contributed by atoms with Gasteiger partial charge in [-0.25, -0.2) is 9.97 Å². The molecule has 156 valence electrons. The van der Waals surface area contributed by atoms with Gasteiger partial charge in [0, 0.05) is 68.9 Å². The lowest BCUT2D eigenvalue weighted by Crippen LogP contribution is -2.44. The van der Waals surface area contributed by atoms with Gasteiger partial charge in [0.05, 0.1) is 11.3 Å². The van der Waals surface area contributed by atoms with E-state index in [2.05, 4.69) is 31.7 Å². The van der Waals surface area contributed by atoms with Gasteiger partial charge in [0.25, 0.3) is 5.56 Å². The van der Waals surface area contributed by atoms with Gasteiger partial charge < -0.3 is 14.8 Å². The van der Waals surface area contributed by atoms with Gasteiger partial charge in [0.1, 0.15) is 5.82 Å². The first-order valence-corrected chi connectivity index (χ1v) is 11.3. The summed E-state index contributed by atoms with van der Waals surface area (Å²) in [5, 5.41) is 1.11. The zero-order valence-electron chi connectivity index (χ0n) is 17.2. The van der Waals surface area contributed by atoms with Gasteiger partial charge >= 0.3 is 0 Å². The molecule has 0 atom stereocenters. The molecule has 4 heterocycles. The van der Waals surface area contributed by atoms with Crippen LogP contribution in [0.15, 0.2) is 41.3 Å². The molecule has 2 aliphatic heterocycles. The van der Waals surface area contributed by atoms with Crippen molar-refractivity contribution in [1.82, 2.24) is 24.8 Å². The Morgan fingerprint density at radius 1 is 1.10 bits per heavy atom. The van der Waals surface area contributed by atoms with Crippen LogP contribution in [0, 0.1) is 0 Å². The van der Waals surface area contributed by atoms with Crippen LogP contribution in [0.2, 0.25) is 0 Å². The molecule has 0 amide bonds. The number of nitrogens with zero attached hydrogens (tertiary/aromatic N) is 5. The van der Waals surface area contributed by atoms with Crippen molar-refractivity contribution in [3.8, 4) is 11.4 Å². The Balaban J connectivity index is 1.28. The number of aromatic amines is 1. The molecule has 3 aromatic rings. The Morgan fingerprint density at radius 2 is 1.90 bits per heavy atom. The number of anilines is 1. The number of likely N-dealkylation sites (N-methyl/N-ethyl adjacent to an activating group) is 1. The van der Waals surface area contributed by atoms with Gasteiger partial charge in [-0.2, -0.15) is 0 Å². The summed E-state index contributed by atoms with van der Waals surface area (Å²) in [6, 6.07) is 9.83. The first-order chi connectivity index (χ1) is 14.7. The van der Waals surface area contributed by atoms with Crippen molar-refractivity contribution in [2.75, 3.05) is 44.7 Å². The summed E-state index contributed by atoms with van der Waals surface area (Å²) in [5.74, 6) is 0.659. The highest BCUT2D eigenvalue weighted by Crippen LogP contribution is 2.26. The van der Waals surface area contributed by atoms with E-state index in [0.29, 0.717) is 12.4 Å². The third-order valence-corrected chi connectivity index (χ3v) is 6.93. The van der Waals surface area contributed by atoms with E-state index in [0.717, 1.165) is 67.6 Å². The normalized spacial score (nSPS) is 17.8. The van der Waals surface area contributed by atoms with Gasteiger partial charge in [0.2, 0.25) is 0 Å². The number of hydrogen-bond acceptors (Lipinski definition) is 7. The fraction of sp³-hybridized carbons (Fsp3) is 0.409. The summed E-state index contributed by atoms with van der Waals surface area (Å²) >= 11 is 1.77. The highest BCUT2D eigenvalue weighted by atomic mass is 32.1. The van der Waals surface area contributed by atoms with Crippen LogP contribution < -0.4 is 10.5 Å². The molecular formula is C22H26N6OS. The molecule has 1 saturated heterocycles. The van der Waals surface area contributed by atoms with Crippen LogP contribution in [-0.4, -0.2) is 64.5 Å². The van der Waals surface area contributed by atoms with Crippen LogP contribution in [0.4, 0.5) is 5.13 Å². The first kappa shape index (κ1) is 19.4. The summed E-state index contributed by atoms with van der Waals surface area (Å²) in [4.78, 5) is 33.4. The highest BCUT2D eigenvalue weighted by Gasteiger charge is 2.23. The quantitative estimate of drug-likeness (QED) is 0.695. The summed E-state index contributed by atoms with van der Waals surface area (Å²) < 4.78 is 0. The fourth-order valence-electron chi connectivity index (χ4n) is 4.08. The van der Waals surface area contributed by atoms with Crippen molar-refractivity contribution in [3.63, 3.8) is 0 Å². The summed E-state index contributed by atoms with van der Waals surface area (Å²) in [7, 11) is 2.16. The molecule has 0 unspecified atom stereocenters. The highest BCUT2D eigenvalue weighted by molar-refractivity contribution is 7.15. The number of fused-ring (bicyclic) bond motifs is 1. The van der Waals surface area contributed by atoms with E-state index in [1.807, 2.05) is 36.5 Å². The van der Waals surface area contributed by atoms with E-state index in [4.69, 9.17) is 4.98 Å². The minimum atomic E-state index is -0.0222. The predicted octanol–water partition coefficient (Wildman–Crippen LogP) is 2.20. The summed E-state index contributed by atoms with van der Waals surface area (Å²) in [5.41, 5.74) is 2.65. The zero-order chi connectivity index (χ0) is 20.5. The largest absolute Gasteiger partial charge is 0.346 e. The topological polar surface area (TPSA) is 68.4 Å². The number of thiazole rings is 1. The van der Waals surface area contributed by atoms with Gasteiger partial charge in [-0.1, -0.05) is 30.3 Å². The number of piperazine rings is 1. The Kier molecular flexibility index (Phi) is 5.37. The van der Waals surface area contributed by atoms with Crippen molar-refractivity contribution >= 4 is 16.5 Å². The second-order valence-corrected chi connectivity index (χ2v) is 9.16. The second-order valence-electron chi connectivity index (χ2n) is 8.07. The molecule has 2 aliphatic rings. The fourth-order valence-corrected chi connectivity index (χ4v) is 5.09. The third-order valence-electron chi connectivity index (χ3n) is 5.89. The maximum Gasteiger partial charge on any atom is 0.255 e. The van der Waals surface area contributed by atoms with Gasteiger partial charge in [0.15, 0.2) is 5.13 Å². The average Bonchev–Trinajstić information content (AvgIpc) is 3.23. The van der Waals surface area contributed by atoms with Crippen LogP contribution in [0.25, 0.3) is 11.4 Å². The lowest BCUT2D eigenvalue weighted by atomic mass is 10.1. The maximum atomic E-state index is 12.8. The third kappa shape index (κ3) is 4.03. The zero-order valence-corrected chi connectivity index (χ0v) is 18.0. The van der Waals surface area contributed by atoms with E-state index < -0.39 is 0 Å². The smallest absolute Gasteiger partial charge is 0.255 e. The molecular weight excluding hydrogens is 396 g/mol. The average molecular weight is 423 g/mol. The lowest BCUT2D eigenvalue weighted by molar-refractivity contribution is 0.244. The standard InChI is InChI=1S/C22H26N6OS/c1-26-9-11-28(12-10-26)22-23-13-17(30-22)14-27-8-7-19-18(15-27)21(29)25-20(24-19)16-5-3-2-4-6-16/h2-6,13H,7-12,14-15H2,1H3,(H,24,25,29). The molecule has 30 heavy (non-hydrogen) atoms. The molecule has 0 radical (unpaired) electrons. The monoisotopic (exact) mass is 422 g/mol. The van der Waals surface area contributed by atoms with Crippen LogP contribution in [0.5, 0.6) is 0 Å². The van der Waals surface area contributed by atoms with Crippen LogP contribution in [-0.2, 0) is 19.5 Å². The molecule has 1 fully saturated rings. The van der Waals surface area contributed by atoms with Crippen molar-refractivity contribution in [2.24, 2.45) is 0 Å². The first-order valence-electron chi connectivity index (χ1n) is 10.4. The van der Waals surface area contributed by atoms with Crippen molar-refractivity contribution < 1.29 is 0 Å². The molecule has 7 nitrogen and oxygen atoms in total. The van der Waals surface area contributed by atoms with Gasteiger partial charge in [-0.3, -0.25) is 9.69 Å². The molecule has 2 aromatic heterocycles. The van der Waals surface area contributed by atoms with Gasteiger partial charge in [-0.05, 0) is 7.05 Å².